The van der Waals surface area contributed by atoms with Gasteiger partial charge in [-0.15, -0.1) is 11.6 Å². The summed E-state index contributed by atoms with van der Waals surface area (Å²) in [5, 5.41) is 1.35. The zero-order valence-electron chi connectivity index (χ0n) is 9.65. The molecule has 0 fully saturated rings. The Kier molecular flexibility index (Phi) is 2.82. The fourth-order valence-corrected chi connectivity index (χ4v) is 2.69. The van der Waals surface area contributed by atoms with E-state index in [1.54, 1.807) is 0 Å². The molecule has 1 nitrogen and oxygen atoms in total. The van der Waals surface area contributed by atoms with Gasteiger partial charge in [0, 0.05) is 22.2 Å². The average Bonchev–Trinajstić information content (AvgIpc) is 2.74. The molecule has 2 heteroatoms. The number of H-pyrrole nitrogens is 1. The zero-order chi connectivity index (χ0) is 11.7. The van der Waals surface area contributed by atoms with Crippen molar-refractivity contribution >= 4 is 22.5 Å². The largest absolute Gasteiger partial charge is 0.358 e. The maximum Gasteiger partial charge on any atom is 0.0839 e. The summed E-state index contributed by atoms with van der Waals surface area (Å²) in [5.74, 6) is 6.39. The Labute approximate surface area is 106 Å². The van der Waals surface area contributed by atoms with E-state index in [1.165, 1.54) is 47.8 Å². The minimum Gasteiger partial charge on any atom is -0.358 e. The number of nitrogens with one attached hydrogen (secondary N) is 1. The van der Waals surface area contributed by atoms with Crippen LogP contribution in [-0.2, 0) is 12.8 Å². The molecule has 1 aromatic heterocycles. The molecule has 0 saturated carbocycles. The van der Waals surface area contributed by atoms with Gasteiger partial charge in [0.25, 0.3) is 0 Å². The molecule has 1 N–H and O–H groups in total. The molecule has 0 bridgehead atoms. The molecule has 86 valence electrons. The van der Waals surface area contributed by atoms with Gasteiger partial charge in [-0.25, -0.2) is 0 Å². The summed E-state index contributed by atoms with van der Waals surface area (Å²) in [7, 11) is 0. The number of hydrogen-bond acceptors (Lipinski definition) is 0. The van der Waals surface area contributed by atoms with E-state index in [4.69, 9.17) is 11.6 Å². The average molecular weight is 244 g/mol. The van der Waals surface area contributed by atoms with E-state index >= 15 is 0 Å². The molecule has 17 heavy (non-hydrogen) atoms. The van der Waals surface area contributed by atoms with Crippen LogP contribution in [0.1, 0.15) is 29.7 Å². The van der Waals surface area contributed by atoms with Crippen molar-refractivity contribution in [3.8, 4) is 11.8 Å². The zero-order valence-corrected chi connectivity index (χ0v) is 10.4. The van der Waals surface area contributed by atoms with Crippen molar-refractivity contribution in [1.82, 2.24) is 4.98 Å². The summed E-state index contributed by atoms with van der Waals surface area (Å²) >= 11 is 5.58. The standard InChI is InChI=1S/C15H14ClN/c16-9-3-4-11-7-8-15-13(10-11)12-5-1-2-6-14(12)17-15/h7-8,10,17H,1-2,5-6,9H2. The van der Waals surface area contributed by atoms with E-state index in [0.29, 0.717) is 5.88 Å². The Morgan fingerprint density at radius 1 is 1.24 bits per heavy atom. The van der Waals surface area contributed by atoms with Crippen LogP contribution in [0, 0.1) is 11.8 Å². The van der Waals surface area contributed by atoms with E-state index in [-0.39, 0.29) is 0 Å². The number of aromatic amines is 1. The van der Waals surface area contributed by atoms with Gasteiger partial charge in [0.05, 0.1) is 5.88 Å². The van der Waals surface area contributed by atoms with E-state index in [9.17, 15) is 0 Å². The van der Waals surface area contributed by atoms with Crippen molar-refractivity contribution in [3.05, 3.63) is 35.0 Å². The third-order valence-electron chi connectivity index (χ3n) is 3.40. The van der Waals surface area contributed by atoms with Crippen LogP contribution in [0.2, 0.25) is 0 Å². The number of hydrogen-bond donors (Lipinski definition) is 1. The van der Waals surface area contributed by atoms with Gasteiger partial charge in [-0.2, -0.15) is 0 Å². The first kappa shape index (κ1) is 10.7. The predicted octanol–water partition coefficient (Wildman–Crippen LogP) is 3.64. The summed E-state index contributed by atoms with van der Waals surface area (Å²) in [4.78, 5) is 3.53. The number of aromatic nitrogens is 1. The van der Waals surface area contributed by atoms with Crippen LogP contribution in [0.15, 0.2) is 18.2 Å². The molecule has 0 unspecified atom stereocenters. The summed E-state index contributed by atoms with van der Waals surface area (Å²) < 4.78 is 0. The first-order valence-corrected chi connectivity index (χ1v) is 6.60. The van der Waals surface area contributed by atoms with Crippen molar-refractivity contribution in [2.75, 3.05) is 5.88 Å². The molecular weight excluding hydrogens is 230 g/mol. The summed E-state index contributed by atoms with van der Waals surface area (Å²) in [6.45, 7) is 0. The summed E-state index contributed by atoms with van der Waals surface area (Å²) in [6, 6.07) is 6.38. The van der Waals surface area contributed by atoms with E-state index in [2.05, 4.69) is 35.0 Å². The van der Waals surface area contributed by atoms with Crippen molar-refractivity contribution in [1.29, 1.82) is 0 Å². The Balaban J connectivity index is 2.14. The molecule has 0 saturated heterocycles. The van der Waals surface area contributed by atoms with Crippen molar-refractivity contribution < 1.29 is 0 Å². The molecule has 1 heterocycles. The lowest BCUT2D eigenvalue weighted by molar-refractivity contribution is 0.680. The molecule has 1 aliphatic carbocycles. The highest BCUT2D eigenvalue weighted by Crippen LogP contribution is 2.29. The Bertz CT molecular complexity index is 613. The van der Waals surface area contributed by atoms with Crippen LogP contribution in [0.4, 0.5) is 0 Å². The molecule has 1 aliphatic rings. The monoisotopic (exact) mass is 243 g/mol. The fourth-order valence-electron chi connectivity index (χ4n) is 2.62. The third kappa shape index (κ3) is 1.94. The minimum atomic E-state index is 0.392. The van der Waals surface area contributed by atoms with E-state index in [1.807, 2.05) is 0 Å². The SMILES string of the molecule is ClCC#Cc1ccc2[nH]c3c(c2c1)CCCC3. The summed E-state index contributed by atoms with van der Waals surface area (Å²) in [5.41, 5.74) is 5.23. The third-order valence-corrected chi connectivity index (χ3v) is 3.53. The van der Waals surface area contributed by atoms with Crippen LogP contribution in [0.5, 0.6) is 0 Å². The highest BCUT2D eigenvalue weighted by Gasteiger charge is 2.14. The minimum absolute atomic E-state index is 0.392. The lowest BCUT2D eigenvalue weighted by atomic mass is 9.95. The number of aryl methyl sites for hydroxylation is 2. The number of halogens is 1. The molecule has 0 aliphatic heterocycles. The van der Waals surface area contributed by atoms with Gasteiger partial charge in [-0.05, 0) is 49.4 Å². The fraction of sp³-hybridized carbons (Fsp3) is 0.333. The predicted molar refractivity (Wildman–Crippen MR) is 72.5 cm³/mol. The van der Waals surface area contributed by atoms with Crippen LogP contribution in [0.3, 0.4) is 0 Å². The Hall–Kier alpha value is -1.39. The summed E-state index contributed by atoms with van der Waals surface area (Å²) in [6.07, 6.45) is 4.99. The highest BCUT2D eigenvalue weighted by molar-refractivity contribution is 6.19. The van der Waals surface area contributed by atoms with Gasteiger partial charge in [-0.1, -0.05) is 11.8 Å². The quantitative estimate of drug-likeness (QED) is 0.537. The number of alkyl halides is 1. The number of benzene rings is 1. The first-order chi connectivity index (χ1) is 8.38. The molecular formula is C15H14ClN. The van der Waals surface area contributed by atoms with Gasteiger partial charge in [0.15, 0.2) is 0 Å². The Morgan fingerprint density at radius 2 is 2.12 bits per heavy atom. The topological polar surface area (TPSA) is 15.8 Å². The van der Waals surface area contributed by atoms with Crippen LogP contribution in [-0.4, -0.2) is 10.9 Å². The van der Waals surface area contributed by atoms with Crippen LogP contribution >= 0.6 is 11.6 Å². The lowest BCUT2D eigenvalue weighted by Gasteiger charge is -2.10. The van der Waals surface area contributed by atoms with E-state index < -0.39 is 0 Å². The molecule has 3 rings (SSSR count). The maximum absolute atomic E-state index is 5.58. The maximum atomic E-state index is 5.58. The van der Waals surface area contributed by atoms with Gasteiger partial charge < -0.3 is 4.98 Å². The van der Waals surface area contributed by atoms with Gasteiger partial charge in [0.1, 0.15) is 0 Å². The van der Waals surface area contributed by atoms with Crippen LogP contribution < -0.4 is 0 Å². The lowest BCUT2D eigenvalue weighted by Crippen LogP contribution is -1.99. The van der Waals surface area contributed by atoms with Gasteiger partial charge in [0.2, 0.25) is 0 Å². The molecule has 2 aromatic rings. The van der Waals surface area contributed by atoms with Gasteiger partial charge >= 0.3 is 0 Å². The molecule has 0 amide bonds. The van der Waals surface area contributed by atoms with Gasteiger partial charge in [-0.3, -0.25) is 0 Å². The second-order valence-electron chi connectivity index (χ2n) is 4.48. The molecule has 0 radical (unpaired) electrons. The smallest absolute Gasteiger partial charge is 0.0839 e. The normalized spacial score (nSPS) is 14.2. The molecule has 0 spiro atoms. The Morgan fingerprint density at radius 3 is 3.00 bits per heavy atom. The number of rotatable bonds is 0. The molecule has 1 aromatic carbocycles. The highest BCUT2D eigenvalue weighted by atomic mass is 35.5. The second-order valence-corrected chi connectivity index (χ2v) is 4.75. The van der Waals surface area contributed by atoms with Crippen molar-refractivity contribution in [2.24, 2.45) is 0 Å². The molecule has 0 atom stereocenters. The second kappa shape index (κ2) is 4.47. The van der Waals surface area contributed by atoms with Crippen LogP contribution in [0.25, 0.3) is 10.9 Å². The first-order valence-electron chi connectivity index (χ1n) is 6.07. The number of fused-ring (bicyclic) bond motifs is 3. The van der Waals surface area contributed by atoms with Crippen molar-refractivity contribution in [2.45, 2.75) is 25.7 Å². The van der Waals surface area contributed by atoms with Crippen molar-refractivity contribution in [3.63, 3.8) is 0 Å². The van der Waals surface area contributed by atoms with E-state index in [0.717, 1.165) is 5.56 Å².